The molecule has 3 aromatic heterocycles. The van der Waals surface area contributed by atoms with E-state index in [0.717, 1.165) is 18.2 Å². The van der Waals surface area contributed by atoms with Gasteiger partial charge in [-0.1, -0.05) is 24.6 Å². The van der Waals surface area contributed by atoms with Crippen LogP contribution in [0, 0.1) is 11.3 Å². The number of nitrogens with two attached hydrogens (primary N) is 1. The van der Waals surface area contributed by atoms with Crippen molar-refractivity contribution in [1.29, 1.82) is 0 Å². The minimum absolute atomic E-state index is 0.285. The van der Waals surface area contributed by atoms with Crippen LogP contribution in [-0.2, 0) is 0 Å². The summed E-state index contributed by atoms with van der Waals surface area (Å²) in [6.45, 7) is 4.36. The highest BCUT2D eigenvalue weighted by molar-refractivity contribution is 6.29. The molecule has 1 fully saturated rings. The Balaban J connectivity index is 1.37. The van der Waals surface area contributed by atoms with Gasteiger partial charge in [0.05, 0.1) is 24.1 Å². The van der Waals surface area contributed by atoms with Gasteiger partial charge in [0.25, 0.3) is 0 Å². The summed E-state index contributed by atoms with van der Waals surface area (Å²) in [6.07, 6.45) is 2.87. The number of hydrogen-bond donors (Lipinski definition) is 3. The van der Waals surface area contributed by atoms with Crippen molar-refractivity contribution in [3.05, 3.63) is 41.9 Å². The molecule has 3 heterocycles. The number of nitrogen functional groups attached to an aromatic ring is 1. The van der Waals surface area contributed by atoms with Gasteiger partial charge in [-0.15, -0.1) is 0 Å². The zero-order valence-electron chi connectivity index (χ0n) is 16.9. The van der Waals surface area contributed by atoms with Crippen LogP contribution < -0.4 is 10.5 Å². The molecule has 0 saturated heterocycles. The quantitative estimate of drug-likeness (QED) is 0.492. The van der Waals surface area contributed by atoms with E-state index < -0.39 is 12.2 Å². The van der Waals surface area contributed by atoms with Crippen molar-refractivity contribution >= 4 is 28.5 Å². The summed E-state index contributed by atoms with van der Waals surface area (Å²) in [5.74, 6) is 1.17. The van der Waals surface area contributed by atoms with E-state index in [9.17, 15) is 10.2 Å². The number of aromatic nitrogens is 4. The molecule has 0 spiro atoms. The van der Waals surface area contributed by atoms with Gasteiger partial charge in [0.2, 0.25) is 5.88 Å². The van der Waals surface area contributed by atoms with E-state index in [0.29, 0.717) is 29.1 Å². The minimum Gasteiger partial charge on any atom is -0.477 e. The number of nitrogens with zero attached hydrogens (tertiary/aromatic N) is 4. The summed E-state index contributed by atoms with van der Waals surface area (Å²) < 4.78 is 7.55. The fourth-order valence-electron chi connectivity index (χ4n) is 4.45. The molecule has 0 unspecified atom stereocenters. The number of ether oxygens (including phenoxy) is 1. The van der Waals surface area contributed by atoms with E-state index in [4.69, 9.17) is 22.1 Å². The molecule has 3 aromatic rings. The second-order valence-electron chi connectivity index (χ2n) is 8.43. The predicted octanol–water partition coefficient (Wildman–Crippen LogP) is 2.84. The Morgan fingerprint density at radius 2 is 2.07 bits per heavy atom. The van der Waals surface area contributed by atoms with E-state index >= 15 is 0 Å². The van der Waals surface area contributed by atoms with Crippen molar-refractivity contribution in [2.75, 3.05) is 12.3 Å². The molecule has 4 N–H and O–H groups in total. The molecule has 0 bridgehead atoms. The molecule has 4 rings (SSSR count). The lowest BCUT2D eigenvalue weighted by atomic mass is 9.59. The standard InChI is InChI=1S/C21H26ClN5O3/c1-12(27-7-6-14-19(23)24-11-25-20(14)27)17(28)18(29)21(2)8-13(9-21)10-30-16-5-3-4-15(22)26-16/h3-7,11-13,17-18,28-29H,8-10H2,1-2H3,(H2,23,24,25)/t12-,13-,17+,18+,21-/m1/s1. The molecule has 160 valence electrons. The number of aliphatic hydroxyl groups excluding tert-OH is 2. The first-order valence-electron chi connectivity index (χ1n) is 9.97. The monoisotopic (exact) mass is 431 g/mol. The third kappa shape index (κ3) is 3.82. The van der Waals surface area contributed by atoms with Crippen molar-refractivity contribution in [1.82, 2.24) is 19.5 Å². The zero-order chi connectivity index (χ0) is 21.5. The topological polar surface area (TPSA) is 119 Å². The van der Waals surface area contributed by atoms with E-state index in [1.165, 1.54) is 6.33 Å². The maximum atomic E-state index is 10.9. The van der Waals surface area contributed by atoms with E-state index in [1.54, 1.807) is 18.2 Å². The normalized spacial score (nSPS) is 24.2. The van der Waals surface area contributed by atoms with Crippen LogP contribution >= 0.6 is 11.6 Å². The number of pyridine rings is 1. The highest BCUT2D eigenvalue weighted by Crippen LogP contribution is 2.49. The van der Waals surface area contributed by atoms with Crippen LogP contribution in [0.4, 0.5) is 5.82 Å². The van der Waals surface area contributed by atoms with Gasteiger partial charge in [0.15, 0.2) is 0 Å². The molecule has 0 radical (unpaired) electrons. The molecule has 1 aliphatic carbocycles. The van der Waals surface area contributed by atoms with Crippen molar-refractivity contribution in [2.45, 2.75) is 44.9 Å². The fraction of sp³-hybridized carbons (Fsp3) is 0.476. The number of fused-ring (bicyclic) bond motifs is 1. The first-order valence-corrected chi connectivity index (χ1v) is 10.3. The third-order valence-corrected chi connectivity index (χ3v) is 6.39. The molecule has 8 nitrogen and oxygen atoms in total. The number of rotatable bonds is 7. The lowest BCUT2D eigenvalue weighted by Gasteiger charge is -2.50. The number of aliphatic hydroxyl groups is 2. The molecule has 1 saturated carbocycles. The number of hydrogen-bond acceptors (Lipinski definition) is 7. The van der Waals surface area contributed by atoms with Gasteiger partial charge >= 0.3 is 0 Å². The summed E-state index contributed by atoms with van der Waals surface area (Å²) in [5, 5.41) is 23.0. The molecule has 1 aliphatic rings. The first kappa shape index (κ1) is 20.8. The van der Waals surface area contributed by atoms with Gasteiger partial charge in [0.1, 0.15) is 29.0 Å². The Bertz CT molecular complexity index is 1040. The first-order chi connectivity index (χ1) is 14.3. The molecular formula is C21H26ClN5O3. The maximum Gasteiger partial charge on any atom is 0.214 e. The van der Waals surface area contributed by atoms with Crippen molar-refractivity contribution < 1.29 is 14.9 Å². The Morgan fingerprint density at radius 1 is 1.30 bits per heavy atom. The lowest BCUT2D eigenvalue weighted by Crippen LogP contribution is -2.52. The van der Waals surface area contributed by atoms with E-state index in [2.05, 4.69) is 15.0 Å². The second-order valence-corrected chi connectivity index (χ2v) is 8.82. The van der Waals surface area contributed by atoms with Crippen LogP contribution in [-0.4, -0.2) is 48.5 Å². The maximum absolute atomic E-state index is 10.9. The molecule has 0 aromatic carbocycles. The highest BCUT2D eigenvalue weighted by atomic mass is 35.5. The average Bonchev–Trinajstić information content (AvgIpc) is 3.14. The summed E-state index contributed by atoms with van der Waals surface area (Å²) in [6, 6.07) is 6.70. The zero-order valence-corrected chi connectivity index (χ0v) is 17.7. The summed E-state index contributed by atoms with van der Waals surface area (Å²) >= 11 is 5.88. The van der Waals surface area contributed by atoms with E-state index in [-0.39, 0.29) is 17.4 Å². The summed E-state index contributed by atoms with van der Waals surface area (Å²) in [7, 11) is 0. The lowest BCUT2D eigenvalue weighted by molar-refractivity contribution is -0.130. The largest absolute Gasteiger partial charge is 0.477 e. The summed E-state index contributed by atoms with van der Waals surface area (Å²) in [5.41, 5.74) is 6.15. The SMILES string of the molecule is C[C@H]([C@H](O)[C@H](O)[C@]1(C)C[C@@H](COc2cccc(Cl)n2)C1)n1ccc2c(N)ncnc21. The van der Waals surface area contributed by atoms with Gasteiger partial charge < -0.3 is 25.3 Å². The Labute approximate surface area is 179 Å². The van der Waals surface area contributed by atoms with Gasteiger partial charge in [0, 0.05) is 12.3 Å². The number of halogens is 1. The van der Waals surface area contributed by atoms with Crippen molar-refractivity contribution in [3.63, 3.8) is 0 Å². The molecule has 3 atom stereocenters. The summed E-state index contributed by atoms with van der Waals surface area (Å²) in [4.78, 5) is 12.4. The van der Waals surface area contributed by atoms with Gasteiger partial charge in [-0.05, 0) is 43.2 Å². The Morgan fingerprint density at radius 3 is 2.80 bits per heavy atom. The second kappa shape index (κ2) is 8.02. The average molecular weight is 432 g/mol. The van der Waals surface area contributed by atoms with Crippen LogP contribution in [0.15, 0.2) is 36.8 Å². The molecule has 0 amide bonds. The molecular weight excluding hydrogens is 406 g/mol. The molecule has 0 aliphatic heterocycles. The van der Waals surface area contributed by atoms with Gasteiger partial charge in [-0.3, -0.25) is 0 Å². The van der Waals surface area contributed by atoms with Crippen molar-refractivity contribution in [3.8, 4) is 5.88 Å². The Kier molecular flexibility index (Phi) is 5.57. The van der Waals surface area contributed by atoms with Crippen LogP contribution in [0.1, 0.15) is 32.7 Å². The van der Waals surface area contributed by atoms with Crippen LogP contribution in [0.3, 0.4) is 0 Å². The minimum atomic E-state index is -0.960. The number of anilines is 1. The van der Waals surface area contributed by atoms with Gasteiger partial charge in [-0.2, -0.15) is 0 Å². The van der Waals surface area contributed by atoms with Crippen molar-refractivity contribution in [2.24, 2.45) is 11.3 Å². The fourth-order valence-corrected chi connectivity index (χ4v) is 4.61. The third-order valence-electron chi connectivity index (χ3n) is 6.18. The van der Waals surface area contributed by atoms with Crippen LogP contribution in [0.25, 0.3) is 11.0 Å². The smallest absolute Gasteiger partial charge is 0.214 e. The van der Waals surface area contributed by atoms with Crippen LogP contribution in [0.2, 0.25) is 5.15 Å². The highest BCUT2D eigenvalue weighted by Gasteiger charge is 2.49. The Hall–Kier alpha value is -2.42. The van der Waals surface area contributed by atoms with E-state index in [1.807, 2.05) is 30.7 Å². The van der Waals surface area contributed by atoms with Crippen LogP contribution in [0.5, 0.6) is 5.88 Å². The van der Waals surface area contributed by atoms with Gasteiger partial charge in [-0.25, -0.2) is 15.0 Å². The predicted molar refractivity (Wildman–Crippen MR) is 114 cm³/mol. The molecule has 30 heavy (non-hydrogen) atoms. The molecule has 9 heteroatoms.